The van der Waals surface area contributed by atoms with Crippen LogP contribution >= 0.6 is 15.9 Å². The summed E-state index contributed by atoms with van der Waals surface area (Å²) < 4.78 is 6.37. The molecule has 2 aliphatic rings. The quantitative estimate of drug-likeness (QED) is 0.921. The molecule has 4 rings (SSSR count). The molecule has 0 radical (unpaired) electrons. The highest BCUT2D eigenvalue weighted by Crippen LogP contribution is 2.39. The van der Waals surface area contributed by atoms with E-state index >= 15 is 0 Å². The first kappa shape index (κ1) is 11.5. The Balaban J connectivity index is 1.63. The van der Waals surface area contributed by atoms with Crippen LogP contribution in [0.4, 0.5) is 0 Å². The number of hydrogen-bond acceptors (Lipinski definition) is 5. The lowest BCUT2D eigenvalue weighted by atomic mass is 9.89. The fraction of sp³-hybridized carbons (Fsp3) is 0.462. The molecule has 0 amide bonds. The van der Waals surface area contributed by atoms with E-state index in [4.69, 9.17) is 4.52 Å². The molecule has 1 N–H and O–H groups in total. The molecule has 2 bridgehead atoms. The van der Waals surface area contributed by atoms with Gasteiger partial charge in [0.25, 0.3) is 0 Å². The lowest BCUT2D eigenvalue weighted by molar-refractivity contribution is 0.329. The highest BCUT2D eigenvalue weighted by molar-refractivity contribution is 9.10. The van der Waals surface area contributed by atoms with Gasteiger partial charge in [-0.05, 0) is 41.3 Å². The van der Waals surface area contributed by atoms with E-state index < -0.39 is 0 Å². The van der Waals surface area contributed by atoms with E-state index in [0.717, 1.165) is 22.3 Å². The van der Waals surface area contributed by atoms with Gasteiger partial charge in [-0.25, -0.2) is 0 Å². The van der Waals surface area contributed by atoms with Crippen LogP contribution in [-0.2, 0) is 0 Å². The van der Waals surface area contributed by atoms with Crippen molar-refractivity contribution >= 4 is 15.9 Å². The van der Waals surface area contributed by atoms with Crippen LogP contribution in [0.5, 0.6) is 0 Å². The van der Waals surface area contributed by atoms with Gasteiger partial charge in [-0.3, -0.25) is 4.98 Å². The predicted octanol–water partition coefficient (Wildman–Crippen LogP) is 2.50. The van der Waals surface area contributed by atoms with Crippen LogP contribution in [0, 0.1) is 0 Å². The summed E-state index contributed by atoms with van der Waals surface area (Å²) in [5, 5.41) is 7.67. The van der Waals surface area contributed by atoms with Gasteiger partial charge < -0.3 is 9.84 Å². The number of pyridine rings is 1. The molecule has 0 spiro atoms. The second-order valence-electron chi connectivity index (χ2n) is 5.24. The van der Waals surface area contributed by atoms with Crippen LogP contribution in [-0.4, -0.2) is 27.2 Å². The van der Waals surface area contributed by atoms with Gasteiger partial charge in [0.05, 0.1) is 5.92 Å². The number of fused-ring (bicyclic) bond motifs is 2. The lowest BCUT2D eigenvalue weighted by Crippen LogP contribution is -2.21. The summed E-state index contributed by atoms with van der Waals surface area (Å²) in [6.07, 6.45) is 7.09. The summed E-state index contributed by atoms with van der Waals surface area (Å²) in [6.45, 7) is 0. The van der Waals surface area contributed by atoms with Gasteiger partial charge >= 0.3 is 0 Å². The van der Waals surface area contributed by atoms with E-state index in [1.807, 2.05) is 6.07 Å². The van der Waals surface area contributed by atoms with E-state index in [2.05, 4.69) is 36.4 Å². The Morgan fingerprint density at radius 3 is 3.00 bits per heavy atom. The first-order valence-corrected chi connectivity index (χ1v) is 7.29. The lowest BCUT2D eigenvalue weighted by Gasteiger charge is -2.15. The maximum Gasteiger partial charge on any atom is 0.231 e. The third kappa shape index (κ3) is 1.99. The Morgan fingerprint density at radius 1 is 1.32 bits per heavy atom. The number of hydrogen-bond donors (Lipinski definition) is 1. The summed E-state index contributed by atoms with van der Waals surface area (Å²) in [6, 6.07) is 3.09. The minimum atomic E-state index is 0.375. The topological polar surface area (TPSA) is 63.8 Å². The average molecular weight is 321 g/mol. The number of nitrogens with zero attached hydrogens (tertiary/aromatic N) is 3. The number of aromatic nitrogens is 3. The van der Waals surface area contributed by atoms with Crippen molar-refractivity contribution in [1.82, 2.24) is 20.4 Å². The molecule has 6 heteroatoms. The molecule has 98 valence electrons. The number of nitrogens with one attached hydrogen (secondary N) is 1. The van der Waals surface area contributed by atoms with Crippen molar-refractivity contribution in [2.75, 3.05) is 0 Å². The maximum atomic E-state index is 5.45. The zero-order valence-corrected chi connectivity index (χ0v) is 11.8. The third-order valence-corrected chi connectivity index (χ3v) is 4.46. The Bertz CT molecular complexity index is 614. The van der Waals surface area contributed by atoms with Crippen molar-refractivity contribution in [1.29, 1.82) is 0 Å². The van der Waals surface area contributed by atoms with Crippen LogP contribution in [0.25, 0.3) is 11.4 Å². The molecule has 2 fully saturated rings. The van der Waals surface area contributed by atoms with Crippen molar-refractivity contribution in [3.05, 3.63) is 28.8 Å². The molecule has 2 aliphatic heterocycles. The van der Waals surface area contributed by atoms with Gasteiger partial charge in [-0.15, -0.1) is 0 Å². The van der Waals surface area contributed by atoms with Crippen LogP contribution < -0.4 is 5.32 Å². The fourth-order valence-electron chi connectivity index (χ4n) is 3.13. The largest absolute Gasteiger partial charge is 0.339 e. The van der Waals surface area contributed by atoms with Crippen LogP contribution in [0.3, 0.4) is 0 Å². The molecule has 2 aromatic heterocycles. The third-order valence-electron chi connectivity index (χ3n) is 4.02. The van der Waals surface area contributed by atoms with Crippen LogP contribution in [0.15, 0.2) is 27.5 Å². The minimum Gasteiger partial charge on any atom is -0.339 e. The maximum absolute atomic E-state index is 5.45. The monoisotopic (exact) mass is 320 g/mol. The van der Waals surface area contributed by atoms with E-state index in [0.29, 0.717) is 23.8 Å². The Hall–Kier alpha value is -1.27. The minimum absolute atomic E-state index is 0.375. The number of rotatable bonds is 2. The summed E-state index contributed by atoms with van der Waals surface area (Å²) in [7, 11) is 0. The zero-order valence-electron chi connectivity index (χ0n) is 10.2. The van der Waals surface area contributed by atoms with Gasteiger partial charge in [0.2, 0.25) is 11.7 Å². The fourth-order valence-corrected chi connectivity index (χ4v) is 3.50. The second kappa shape index (κ2) is 4.38. The highest BCUT2D eigenvalue weighted by Gasteiger charge is 2.42. The molecule has 19 heavy (non-hydrogen) atoms. The second-order valence-corrected chi connectivity index (χ2v) is 6.15. The van der Waals surface area contributed by atoms with Crippen molar-refractivity contribution in [2.45, 2.75) is 37.3 Å². The Morgan fingerprint density at radius 2 is 2.26 bits per heavy atom. The molecule has 2 saturated heterocycles. The molecular weight excluding hydrogens is 308 g/mol. The molecule has 5 nitrogen and oxygen atoms in total. The molecule has 0 saturated carbocycles. The predicted molar refractivity (Wildman–Crippen MR) is 72.5 cm³/mol. The summed E-state index contributed by atoms with van der Waals surface area (Å²) in [5.74, 6) is 1.75. The Kier molecular flexibility index (Phi) is 2.66. The molecule has 2 aromatic rings. The molecule has 3 atom stereocenters. The van der Waals surface area contributed by atoms with E-state index in [1.165, 1.54) is 12.8 Å². The van der Waals surface area contributed by atoms with Gasteiger partial charge in [-0.1, -0.05) is 5.16 Å². The summed E-state index contributed by atoms with van der Waals surface area (Å²) in [5.41, 5.74) is 0.875. The van der Waals surface area contributed by atoms with Gasteiger partial charge in [-0.2, -0.15) is 4.98 Å². The van der Waals surface area contributed by atoms with Gasteiger partial charge in [0.1, 0.15) is 0 Å². The molecule has 4 heterocycles. The average Bonchev–Trinajstić information content (AvgIpc) is 3.14. The van der Waals surface area contributed by atoms with E-state index in [9.17, 15) is 0 Å². The van der Waals surface area contributed by atoms with Crippen molar-refractivity contribution in [3.63, 3.8) is 0 Å². The first-order valence-electron chi connectivity index (χ1n) is 6.50. The van der Waals surface area contributed by atoms with Gasteiger partial charge in [0, 0.05) is 34.5 Å². The van der Waals surface area contributed by atoms with Crippen molar-refractivity contribution in [3.8, 4) is 11.4 Å². The smallest absolute Gasteiger partial charge is 0.231 e. The van der Waals surface area contributed by atoms with E-state index in [-0.39, 0.29) is 0 Å². The number of halogens is 1. The van der Waals surface area contributed by atoms with Crippen molar-refractivity contribution < 1.29 is 4.52 Å². The normalized spacial score (nSPS) is 29.0. The standard InChI is InChI=1S/C13H13BrN4O/c14-8-3-7(5-15-6-8)12-17-13(19-18-12)10-4-9-1-2-11(10)16-9/h3,5-6,9-11,16H,1-2,4H2. The van der Waals surface area contributed by atoms with Gasteiger partial charge in [0.15, 0.2) is 0 Å². The van der Waals surface area contributed by atoms with Crippen LogP contribution in [0.1, 0.15) is 31.1 Å². The summed E-state index contributed by atoms with van der Waals surface area (Å²) in [4.78, 5) is 8.67. The zero-order chi connectivity index (χ0) is 12.8. The molecule has 0 aliphatic carbocycles. The van der Waals surface area contributed by atoms with Crippen molar-refractivity contribution in [2.24, 2.45) is 0 Å². The molecule has 0 aromatic carbocycles. The highest BCUT2D eigenvalue weighted by atomic mass is 79.9. The van der Waals surface area contributed by atoms with Crippen LogP contribution in [0.2, 0.25) is 0 Å². The first-order chi connectivity index (χ1) is 9.29. The molecular formula is C13H13BrN4O. The van der Waals surface area contributed by atoms with E-state index in [1.54, 1.807) is 12.4 Å². The SMILES string of the molecule is Brc1cncc(-c2noc(C3CC4CCC3N4)n2)c1. The summed E-state index contributed by atoms with van der Waals surface area (Å²) >= 11 is 3.40. The Labute approximate surface area is 118 Å². The molecule has 3 unspecified atom stereocenters.